The first-order valence-corrected chi connectivity index (χ1v) is 7.84. The largest absolute Gasteiger partial charge is 0.359 e. The minimum atomic E-state index is 0.182. The van der Waals surface area contributed by atoms with Gasteiger partial charge < -0.3 is 10.2 Å². The van der Waals surface area contributed by atoms with Gasteiger partial charge in [0.1, 0.15) is 0 Å². The van der Waals surface area contributed by atoms with Crippen molar-refractivity contribution >= 4 is 5.91 Å². The number of carbonyl (C=O) groups is 1. The van der Waals surface area contributed by atoms with Crippen LogP contribution in [0.2, 0.25) is 0 Å². The quantitative estimate of drug-likeness (QED) is 0.541. The van der Waals surface area contributed by atoms with Crippen LogP contribution in [0, 0.1) is 5.92 Å². The SMILES string of the molecule is CC/C=C\CCCN1CCC[C@@H](CCC(=O)NC)C1. The molecule has 1 fully saturated rings. The van der Waals surface area contributed by atoms with Crippen molar-refractivity contribution in [1.29, 1.82) is 0 Å². The first kappa shape index (κ1) is 16.2. The third-order valence-electron chi connectivity index (χ3n) is 3.91. The summed E-state index contributed by atoms with van der Waals surface area (Å²) in [5.74, 6) is 0.902. The van der Waals surface area contributed by atoms with Crippen molar-refractivity contribution in [2.45, 2.75) is 51.9 Å². The van der Waals surface area contributed by atoms with E-state index in [4.69, 9.17) is 0 Å². The summed E-state index contributed by atoms with van der Waals surface area (Å²) in [6.07, 6.45) is 12.5. The van der Waals surface area contributed by atoms with Crippen molar-refractivity contribution < 1.29 is 4.79 Å². The smallest absolute Gasteiger partial charge is 0.219 e. The highest BCUT2D eigenvalue weighted by Gasteiger charge is 2.19. The Morgan fingerprint density at radius 3 is 3.00 bits per heavy atom. The number of allylic oxidation sites excluding steroid dienone is 2. The molecule has 1 saturated heterocycles. The molecule has 0 saturated carbocycles. The molecule has 0 aromatic heterocycles. The van der Waals surface area contributed by atoms with Gasteiger partial charge in [-0.3, -0.25) is 4.79 Å². The Labute approximate surface area is 118 Å². The number of piperidine rings is 1. The highest BCUT2D eigenvalue weighted by Crippen LogP contribution is 2.21. The van der Waals surface area contributed by atoms with E-state index in [1.54, 1.807) is 7.05 Å². The molecule has 1 heterocycles. The molecule has 1 atom stereocenters. The lowest BCUT2D eigenvalue weighted by molar-refractivity contribution is -0.121. The average molecular weight is 266 g/mol. The third-order valence-corrected chi connectivity index (χ3v) is 3.91. The van der Waals surface area contributed by atoms with Crippen LogP contribution in [0.1, 0.15) is 51.9 Å². The van der Waals surface area contributed by atoms with E-state index >= 15 is 0 Å². The van der Waals surface area contributed by atoms with E-state index in [-0.39, 0.29) is 5.91 Å². The lowest BCUT2D eigenvalue weighted by Gasteiger charge is -2.32. The van der Waals surface area contributed by atoms with Crippen molar-refractivity contribution in [2.75, 3.05) is 26.7 Å². The molecular formula is C16H30N2O. The summed E-state index contributed by atoms with van der Waals surface area (Å²) in [7, 11) is 1.72. The maximum atomic E-state index is 11.3. The standard InChI is InChI=1S/C16H30N2O/c1-3-4-5-6-7-12-18-13-8-9-15(14-18)10-11-16(19)17-2/h4-5,15H,3,6-14H2,1-2H3,(H,17,19)/b5-4-/t15-/m0/s1. The molecule has 19 heavy (non-hydrogen) atoms. The van der Waals surface area contributed by atoms with E-state index in [2.05, 4.69) is 29.3 Å². The Balaban J connectivity index is 2.15. The summed E-state index contributed by atoms with van der Waals surface area (Å²) in [4.78, 5) is 13.9. The van der Waals surface area contributed by atoms with Crippen LogP contribution in [0.25, 0.3) is 0 Å². The monoisotopic (exact) mass is 266 g/mol. The van der Waals surface area contributed by atoms with Gasteiger partial charge in [-0.05, 0) is 57.5 Å². The maximum absolute atomic E-state index is 11.3. The van der Waals surface area contributed by atoms with Crippen molar-refractivity contribution in [2.24, 2.45) is 5.92 Å². The Morgan fingerprint density at radius 2 is 2.26 bits per heavy atom. The maximum Gasteiger partial charge on any atom is 0.219 e. The minimum absolute atomic E-state index is 0.182. The van der Waals surface area contributed by atoms with Gasteiger partial charge in [0.2, 0.25) is 5.91 Å². The van der Waals surface area contributed by atoms with E-state index < -0.39 is 0 Å². The van der Waals surface area contributed by atoms with Gasteiger partial charge >= 0.3 is 0 Å². The Bertz CT molecular complexity index is 276. The predicted molar refractivity (Wildman–Crippen MR) is 81.1 cm³/mol. The molecule has 0 spiro atoms. The zero-order valence-electron chi connectivity index (χ0n) is 12.7. The Kier molecular flexibility index (Phi) is 8.55. The minimum Gasteiger partial charge on any atom is -0.359 e. The van der Waals surface area contributed by atoms with Crippen LogP contribution in [-0.2, 0) is 4.79 Å². The van der Waals surface area contributed by atoms with Crippen LogP contribution in [0.3, 0.4) is 0 Å². The van der Waals surface area contributed by atoms with Crippen LogP contribution in [-0.4, -0.2) is 37.5 Å². The second-order valence-corrected chi connectivity index (χ2v) is 5.54. The van der Waals surface area contributed by atoms with Gasteiger partial charge in [-0.15, -0.1) is 0 Å². The summed E-state index contributed by atoms with van der Waals surface area (Å²) in [6, 6.07) is 0. The number of unbranched alkanes of at least 4 members (excludes halogenated alkanes) is 1. The summed E-state index contributed by atoms with van der Waals surface area (Å²) in [5, 5.41) is 2.71. The second-order valence-electron chi connectivity index (χ2n) is 5.54. The first-order valence-electron chi connectivity index (χ1n) is 7.84. The van der Waals surface area contributed by atoms with Crippen LogP contribution < -0.4 is 5.32 Å². The third kappa shape index (κ3) is 7.36. The normalized spacial score (nSPS) is 20.8. The van der Waals surface area contributed by atoms with Gasteiger partial charge in [0, 0.05) is 20.0 Å². The number of hydrogen-bond acceptors (Lipinski definition) is 2. The van der Waals surface area contributed by atoms with Crippen LogP contribution in [0.15, 0.2) is 12.2 Å². The fourth-order valence-corrected chi connectivity index (χ4v) is 2.77. The molecule has 1 rings (SSSR count). The molecule has 0 bridgehead atoms. The molecule has 0 unspecified atom stereocenters. The van der Waals surface area contributed by atoms with E-state index in [0.29, 0.717) is 6.42 Å². The van der Waals surface area contributed by atoms with Gasteiger partial charge in [0.25, 0.3) is 0 Å². The molecule has 0 radical (unpaired) electrons. The predicted octanol–water partition coefficient (Wildman–Crippen LogP) is 2.97. The van der Waals surface area contributed by atoms with Crippen LogP contribution in [0.5, 0.6) is 0 Å². The average Bonchev–Trinajstić information content (AvgIpc) is 2.45. The zero-order valence-corrected chi connectivity index (χ0v) is 12.7. The zero-order chi connectivity index (χ0) is 13.9. The number of carbonyl (C=O) groups excluding carboxylic acids is 1. The van der Waals surface area contributed by atoms with Gasteiger partial charge in [-0.1, -0.05) is 19.1 Å². The number of rotatable bonds is 8. The fraction of sp³-hybridized carbons (Fsp3) is 0.812. The summed E-state index contributed by atoms with van der Waals surface area (Å²) >= 11 is 0. The highest BCUT2D eigenvalue weighted by molar-refractivity contribution is 5.75. The van der Waals surface area contributed by atoms with Crippen molar-refractivity contribution in [1.82, 2.24) is 10.2 Å². The van der Waals surface area contributed by atoms with Crippen molar-refractivity contribution in [3.8, 4) is 0 Å². The molecule has 0 aliphatic carbocycles. The number of nitrogens with zero attached hydrogens (tertiary/aromatic N) is 1. The molecule has 3 nitrogen and oxygen atoms in total. The lowest BCUT2D eigenvalue weighted by Crippen LogP contribution is -2.36. The molecule has 3 heteroatoms. The molecule has 1 aliphatic rings. The Morgan fingerprint density at radius 1 is 1.42 bits per heavy atom. The molecule has 1 amide bonds. The van der Waals surface area contributed by atoms with Crippen molar-refractivity contribution in [3.63, 3.8) is 0 Å². The number of likely N-dealkylation sites (tertiary alicyclic amines) is 1. The van der Waals surface area contributed by atoms with E-state index in [1.165, 1.54) is 45.3 Å². The summed E-state index contributed by atoms with van der Waals surface area (Å²) in [5.41, 5.74) is 0. The molecule has 110 valence electrons. The lowest BCUT2D eigenvalue weighted by atomic mass is 9.93. The van der Waals surface area contributed by atoms with E-state index in [9.17, 15) is 4.79 Å². The molecule has 1 aliphatic heterocycles. The summed E-state index contributed by atoms with van der Waals surface area (Å²) in [6.45, 7) is 5.82. The van der Waals surface area contributed by atoms with Gasteiger partial charge in [0.05, 0.1) is 0 Å². The molecule has 0 aromatic rings. The fourth-order valence-electron chi connectivity index (χ4n) is 2.77. The van der Waals surface area contributed by atoms with Gasteiger partial charge in [0.15, 0.2) is 0 Å². The molecular weight excluding hydrogens is 236 g/mol. The van der Waals surface area contributed by atoms with Crippen molar-refractivity contribution in [3.05, 3.63) is 12.2 Å². The number of hydrogen-bond donors (Lipinski definition) is 1. The number of nitrogens with one attached hydrogen (secondary N) is 1. The molecule has 0 aromatic carbocycles. The summed E-state index contributed by atoms with van der Waals surface area (Å²) < 4.78 is 0. The Hall–Kier alpha value is -0.830. The number of amides is 1. The highest BCUT2D eigenvalue weighted by atomic mass is 16.1. The van der Waals surface area contributed by atoms with E-state index in [0.717, 1.165) is 18.8 Å². The van der Waals surface area contributed by atoms with Crippen LogP contribution >= 0.6 is 0 Å². The topological polar surface area (TPSA) is 32.3 Å². The van der Waals surface area contributed by atoms with Gasteiger partial charge in [-0.25, -0.2) is 0 Å². The second kappa shape index (κ2) is 10.0. The van der Waals surface area contributed by atoms with Gasteiger partial charge in [-0.2, -0.15) is 0 Å². The first-order chi connectivity index (χ1) is 9.26. The van der Waals surface area contributed by atoms with Crippen LogP contribution in [0.4, 0.5) is 0 Å². The van der Waals surface area contributed by atoms with E-state index in [1.807, 2.05) is 0 Å². The molecule has 1 N–H and O–H groups in total.